The molecule has 0 saturated carbocycles. The minimum Gasteiger partial charge on any atom is -0.350 e. The molecular weight excluding hydrogens is 386 g/mol. The van der Waals surface area contributed by atoms with Crippen LogP contribution in [0.5, 0.6) is 0 Å². The maximum Gasteiger partial charge on any atom is 0.332 e. The highest BCUT2D eigenvalue weighted by molar-refractivity contribution is 7.17. The molecule has 0 bridgehead atoms. The van der Waals surface area contributed by atoms with Crippen molar-refractivity contribution in [1.82, 2.24) is 15.8 Å². The quantitative estimate of drug-likeness (QED) is 0.313. The number of primary amides is 1. The van der Waals surface area contributed by atoms with E-state index in [1.807, 2.05) is 0 Å². The SMILES string of the molecule is CC(=O)NNc1nc(C)c(/C(C=Cc2cccc([N+](=O)[O-])c2)=N/NC(N)=O)s1. The number of hydrogen-bond donors (Lipinski definition) is 4. The van der Waals surface area contributed by atoms with Gasteiger partial charge in [0.25, 0.3) is 5.69 Å². The Bertz CT molecular complexity index is 968. The Balaban J connectivity index is 2.34. The van der Waals surface area contributed by atoms with Crippen LogP contribution >= 0.6 is 11.3 Å². The summed E-state index contributed by atoms with van der Waals surface area (Å²) in [5.41, 5.74) is 13.7. The zero-order valence-corrected chi connectivity index (χ0v) is 15.7. The molecule has 146 valence electrons. The summed E-state index contributed by atoms with van der Waals surface area (Å²) in [6.45, 7) is 3.07. The minimum atomic E-state index is -0.847. The number of thiazole rings is 1. The molecule has 0 fully saturated rings. The Morgan fingerprint density at radius 3 is 2.79 bits per heavy atom. The predicted octanol–water partition coefficient (Wildman–Crippen LogP) is 1.91. The van der Waals surface area contributed by atoms with Crippen LogP contribution in [0.25, 0.3) is 6.08 Å². The van der Waals surface area contributed by atoms with Crippen molar-refractivity contribution in [2.75, 3.05) is 5.43 Å². The number of non-ortho nitro benzene ring substituents is 1. The largest absolute Gasteiger partial charge is 0.350 e. The first-order valence-electron chi connectivity index (χ1n) is 7.82. The number of hydrogen-bond acceptors (Lipinski definition) is 8. The van der Waals surface area contributed by atoms with Crippen molar-refractivity contribution in [3.63, 3.8) is 0 Å². The van der Waals surface area contributed by atoms with Gasteiger partial charge in [0.2, 0.25) is 11.0 Å². The van der Waals surface area contributed by atoms with Gasteiger partial charge >= 0.3 is 6.03 Å². The summed E-state index contributed by atoms with van der Waals surface area (Å²) in [4.78, 5) is 37.3. The Labute approximate surface area is 163 Å². The lowest BCUT2D eigenvalue weighted by atomic mass is 10.1. The van der Waals surface area contributed by atoms with Crippen molar-refractivity contribution in [3.8, 4) is 0 Å². The second-order valence-corrected chi connectivity index (χ2v) is 6.40. The average Bonchev–Trinajstić information content (AvgIpc) is 3.00. The van der Waals surface area contributed by atoms with Crippen LogP contribution in [0.3, 0.4) is 0 Å². The van der Waals surface area contributed by atoms with Crippen molar-refractivity contribution in [2.45, 2.75) is 13.8 Å². The number of nitrogens with two attached hydrogens (primary N) is 1. The van der Waals surface area contributed by atoms with E-state index in [4.69, 9.17) is 5.73 Å². The van der Waals surface area contributed by atoms with E-state index >= 15 is 0 Å². The third-order valence-corrected chi connectivity index (χ3v) is 4.27. The second-order valence-electron chi connectivity index (χ2n) is 5.40. The minimum absolute atomic E-state index is 0.0494. The molecule has 1 aromatic heterocycles. The number of aromatic nitrogens is 1. The number of nitro groups is 1. The van der Waals surface area contributed by atoms with Gasteiger partial charge in [-0.15, -0.1) is 0 Å². The number of nitro benzene ring substituents is 1. The third kappa shape index (κ3) is 5.88. The van der Waals surface area contributed by atoms with E-state index in [2.05, 4.69) is 26.4 Å². The molecule has 3 amide bonds. The number of carbonyl (C=O) groups is 2. The van der Waals surface area contributed by atoms with Gasteiger partial charge in [0, 0.05) is 19.1 Å². The summed E-state index contributed by atoms with van der Waals surface area (Å²) >= 11 is 1.19. The number of nitrogens with one attached hydrogen (secondary N) is 3. The van der Waals surface area contributed by atoms with E-state index in [1.54, 1.807) is 31.2 Å². The molecular formula is C16H17N7O4S. The smallest absolute Gasteiger partial charge is 0.332 e. The number of nitrogens with zero attached hydrogens (tertiary/aromatic N) is 3. The molecule has 2 rings (SSSR count). The van der Waals surface area contributed by atoms with Crippen molar-refractivity contribution in [3.05, 3.63) is 56.6 Å². The van der Waals surface area contributed by atoms with Crippen molar-refractivity contribution < 1.29 is 14.5 Å². The maximum absolute atomic E-state index is 11.0. The highest BCUT2D eigenvalue weighted by Gasteiger charge is 2.13. The van der Waals surface area contributed by atoms with Gasteiger partial charge in [-0.25, -0.2) is 15.2 Å². The topological polar surface area (TPSA) is 165 Å². The number of carbonyl (C=O) groups excluding carboxylic acids is 2. The van der Waals surface area contributed by atoms with E-state index in [-0.39, 0.29) is 11.6 Å². The molecule has 12 heteroatoms. The molecule has 0 unspecified atom stereocenters. The molecule has 0 spiro atoms. The van der Waals surface area contributed by atoms with Crippen LogP contribution < -0.4 is 22.0 Å². The lowest BCUT2D eigenvalue weighted by Gasteiger charge is -2.01. The number of hydrazone groups is 1. The number of hydrazine groups is 1. The van der Waals surface area contributed by atoms with Gasteiger partial charge in [-0.05, 0) is 18.6 Å². The highest BCUT2D eigenvalue weighted by Crippen LogP contribution is 2.24. The molecule has 11 nitrogen and oxygen atoms in total. The summed E-state index contributed by atoms with van der Waals surface area (Å²) in [6.07, 6.45) is 3.17. The summed E-state index contributed by atoms with van der Waals surface area (Å²) in [5, 5.41) is 15.3. The third-order valence-electron chi connectivity index (χ3n) is 3.18. The molecule has 1 aromatic carbocycles. The monoisotopic (exact) mass is 403 g/mol. The molecule has 1 heterocycles. The zero-order chi connectivity index (χ0) is 20.7. The van der Waals surface area contributed by atoms with Crippen LogP contribution in [0.2, 0.25) is 0 Å². The van der Waals surface area contributed by atoms with Gasteiger partial charge in [0.05, 0.1) is 15.5 Å². The van der Waals surface area contributed by atoms with Crippen LogP contribution in [-0.2, 0) is 4.79 Å². The van der Waals surface area contributed by atoms with Crippen LogP contribution in [0, 0.1) is 17.0 Å². The Morgan fingerprint density at radius 2 is 2.14 bits per heavy atom. The number of urea groups is 1. The highest BCUT2D eigenvalue weighted by atomic mass is 32.1. The van der Waals surface area contributed by atoms with Gasteiger partial charge in [0.15, 0.2) is 0 Å². The second kappa shape index (κ2) is 9.23. The van der Waals surface area contributed by atoms with Crippen LogP contribution in [0.1, 0.15) is 23.1 Å². The molecule has 2 aromatic rings. The van der Waals surface area contributed by atoms with Crippen LogP contribution in [0.4, 0.5) is 15.6 Å². The molecule has 5 N–H and O–H groups in total. The van der Waals surface area contributed by atoms with E-state index < -0.39 is 11.0 Å². The number of aryl methyl sites for hydroxylation is 1. The van der Waals surface area contributed by atoms with E-state index in [0.717, 1.165) is 0 Å². The first kappa shape index (κ1) is 20.5. The van der Waals surface area contributed by atoms with Gasteiger partial charge in [-0.2, -0.15) is 5.10 Å². The number of amides is 3. The molecule has 28 heavy (non-hydrogen) atoms. The Kier molecular flexibility index (Phi) is 6.76. The molecule has 0 saturated heterocycles. The summed E-state index contributed by atoms with van der Waals surface area (Å²) in [7, 11) is 0. The van der Waals surface area contributed by atoms with Crippen LogP contribution in [-0.4, -0.2) is 27.6 Å². The van der Waals surface area contributed by atoms with E-state index in [9.17, 15) is 19.7 Å². The fourth-order valence-electron chi connectivity index (χ4n) is 2.03. The van der Waals surface area contributed by atoms with Gasteiger partial charge in [-0.3, -0.25) is 25.8 Å². The van der Waals surface area contributed by atoms with Crippen molar-refractivity contribution in [1.29, 1.82) is 0 Å². The zero-order valence-electron chi connectivity index (χ0n) is 14.9. The lowest BCUT2D eigenvalue weighted by Crippen LogP contribution is -2.26. The van der Waals surface area contributed by atoms with Crippen LogP contribution in [0.15, 0.2) is 35.4 Å². The normalized spacial score (nSPS) is 11.3. The fraction of sp³-hybridized carbons (Fsp3) is 0.125. The van der Waals surface area contributed by atoms with Gasteiger partial charge in [0.1, 0.15) is 5.71 Å². The Morgan fingerprint density at radius 1 is 1.39 bits per heavy atom. The fourth-order valence-corrected chi connectivity index (χ4v) is 2.91. The van der Waals surface area contributed by atoms with Gasteiger partial charge < -0.3 is 5.73 Å². The molecule has 0 atom stereocenters. The number of allylic oxidation sites excluding steroid dienone is 1. The van der Waals surface area contributed by atoms with Crippen molar-refractivity contribution in [2.24, 2.45) is 10.8 Å². The average molecular weight is 403 g/mol. The summed E-state index contributed by atoms with van der Waals surface area (Å²) < 4.78 is 0. The van der Waals surface area contributed by atoms with E-state index in [1.165, 1.54) is 30.4 Å². The number of anilines is 1. The molecule has 0 aliphatic carbocycles. The lowest BCUT2D eigenvalue weighted by molar-refractivity contribution is -0.384. The summed E-state index contributed by atoms with van der Waals surface area (Å²) in [6, 6.07) is 5.18. The van der Waals surface area contributed by atoms with Crippen molar-refractivity contribution >= 4 is 45.9 Å². The molecule has 0 radical (unpaired) electrons. The number of benzene rings is 1. The van der Waals surface area contributed by atoms with E-state index in [0.29, 0.717) is 27.0 Å². The predicted molar refractivity (Wildman–Crippen MR) is 106 cm³/mol. The standard InChI is InChI=1S/C16H17N7O4S/c1-9-14(28-16(18-9)22-19-10(2)24)13(20-21-15(17)25)7-6-11-4-3-5-12(8-11)23(26)27/h3-8H,1-2H3,(H,18,22)(H,19,24)(H3,17,21,25)/b7-6?,20-13+. The van der Waals surface area contributed by atoms with Gasteiger partial charge in [-0.1, -0.05) is 29.5 Å². The first-order valence-corrected chi connectivity index (χ1v) is 8.64. The summed E-state index contributed by atoms with van der Waals surface area (Å²) in [5.74, 6) is -0.288. The molecule has 0 aliphatic heterocycles. The maximum atomic E-state index is 11.0. The number of rotatable bonds is 7. The Hall–Kier alpha value is -3.80. The molecule has 0 aliphatic rings. The first-order chi connectivity index (χ1) is 13.3.